The summed E-state index contributed by atoms with van der Waals surface area (Å²) in [6.07, 6.45) is 2.79. The normalized spacial score (nSPS) is 10.9. The second-order valence-electron chi connectivity index (χ2n) is 3.92. The van der Waals surface area contributed by atoms with E-state index in [4.69, 9.17) is 5.73 Å². The number of benzene rings is 1. The number of methoxy groups -OCH3 is 1. The molecule has 0 saturated carbocycles. The van der Waals surface area contributed by atoms with Gasteiger partial charge in [-0.2, -0.15) is 0 Å². The number of carbonyl (C=O) groups excluding carboxylic acids is 1. The number of anilines is 2. The topological polar surface area (TPSA) is 124 Å². The quantitative estimate of drug-likeness (QED) is 0.627. The van der Waals surface area contributed by atoms with Crippen LogP contribution in [0.5, 0.6) is 0 Å². The zero-order chi connectivity index (χ0) is 15.5. The molecule has 0 saturated heterocycles. The maximum Gasteiger partial charge on any atom is 0.337 e. The molecule has 2 rings (SSSR count). The van der Waals surface area contributed by atoms with Crippen LogP contribution >= 0.6 is 0 Å². The summed E-state index contributed by atoms with van der Waals surface area (Å²) in [5, 5.41) is 0. The number of nitrogens with two attached hydrogens (primary N) is 1. The molecule has 0 aliphatic carbocycles. The Morgan fingerprint density at radius 2 is 1.95 bits per heavy atom. The molecule has 0 unspecified atom stereocenters. The van der Waals surface area contributed by atoms with E-state index in [9.17, 15) is 13.2 Å². The van der Waals surface area contributed by atoms with E-state index in [-0.39, 0.29) is 22.1 Å². The van der Waals surface area contributed by atoms with E-state index in [1.165, 1.54) is 37.7 Å². The van der Waals surface area contributed by atoms with E-state index in [0.717, 1.165) is 0 Å². The summed E-state index contributed by atoms with van der Waals surface area (Å²) in [7, 11) is -2.73. The van der Waals surface area contributed by atoms with Gasteiger partial charge in [-0.1, -0.05) is 0 Å². The van der Waals surface area contributed by atoms with Crippen LogP contribution in [0.1, 0.15) is 10.4 Å². The molecule has 8 nitrogen and oxygen atoms in total. The highest BCUT2D eigenvalue weighted by atomic mass is 32.2. The Bertz CT molecular complexity index is 762. The number of carbonyl (C=O) groups is 1. The molecule has 0 bridgehead atoms. The van der Waals surface area contributed by atoms with Gasteiger partial charge in [0, 0.05) is 12.4 Å². The van der Waals surface area contributed by atoms with Crippen molar-refractivity contribution in [3.8, 4) is 0 Å². The molecule has 1 aromatic carbocycles. The van der Waals surface area contributed by atoms with E-state index in [2.05, 4.69) is 19.4 Å². The monoisotopic (exact) mass is 308 g/mol. The van der Waals surface area contributed by atoms with Crippen molar-refractivity contribution in [3.05, 3.63) is 42.2 Å². The van der Waals surface area contributed by atoms with Crippen LogP contribution in [0, 0.1) is 0 Å². The Morgan fingerprint density at radius 3 is 2.52 bits per heavy atom. The predicted octanol–water partition coefficient (Wildman–Crippen LogP) is 0.646. The Kier molecular flexibility index (Phi) is 4.03. The van der Waals surface area contributed by atoms with Crippen LogP contribution in [-0.4, -0.2) is 31.5 Å². The fraction of sp³-hybridized carbons (Fsp3) is 0.0833. The molecule has 0 aliphatic rings. The van der Waals surface area contributed by atoms with Crippen LogP contribution in [0.3, 0.4) is 0 Å². The third kappa shape index (κ3) is 3.26. The molecular formula is C12H12N4O4S. The molecule has 9 heteroatoms. The van der Waals surface area contributed by atoms with Crippen LogP contribution in [0.4, 0.5) is 11.6 Å². The van der Waals surface area contributed by atoms with Gasteiger partial charge >= 0.3 is 5.97 Å². The Labute approximate surface area is 121 Å². The van der Waals surface area contributed by atoms with E-state index in [0.29, 0.717) is 0 Å². The minimum absolute atomic E-state index is 0.0751. The van der Waals surface area contributed by atoms with Gasteiger partial charge in [-0.15, -0.1) is 0 Å². The largest absolute Gasteiger partial charge is 0.465 e. The molecule has 2 aromatic rings. The smallest absolute Gasteiger partial charge is 0.337 e. The van der Waals surface area contributed by atoms with Crippen molar-refractivity contribution in [2.75, 3.05) is 17.6 Å². The van der Waals surface area contributed by atoms with Gasteiger partial charge in [0.2, 0.25) is 5.95 Å². The van der Waals surface area contributed by atoms with E-state index in [1.54, 1.807) is 6.07 Å². The first-order valence-corrected chi connectivity index (χ1v) is 7.20. The molecule has 3 N–H and O–H groups in total. The maximum atomic E-state index is 12.2. The average molecular weight is 308 g/mol. The SMILES string of the molecule is COC(=O)c1ccc(S(=O)(=O)Nc2ncccn2)c(N)c1. The number of aromatic nitrogens is 2. The number of esters is 1. The fourth-order valence-electron chi connectivity index (χ4n) is 1.56. The first-order chi connectivity index (χ1) is 9.94. The first kappa shape index (κ1) is 14.7. The lowest BCUT2D eigenvalue weighted by molar-refractivity contribution is 0.0600. The van der Waals surface area contributed by atoms with Crippen molar-refractivity contribution in [1.82, 2.24) is 9.97 Å². The first-order valence-electron chi connectivity index (χ1n) is 5.72. The van der Waals surface area contributed by atoms with Gasteiger partial charge in [0.25, 0.3) is 10.0 Å². The number of hydrogen-bond donors (Lipinski definition) is 2. The summed E-state index contributed by atoms with van der Waals surface area (Å²) in [6, 6.07) is 5.30. The molecule has 0 amide bonds. The number of rotatable bonds is 4. The lowest BCUT2D eigenvalue weighted by Gasteiger charge is -2.09. The molecular weight excluding hydrogens is 296 g/mol. The molecule has 0 aliphatic heterocycles. The Balaban J connectivity index is 2.35. The van der Waals surface area contributed by atoms with E-state index in [1.807, 2.05) is 0 Å². The Hall–Kier alpha value is -2.68. The third-order valence-corrected chi connectivity index (χ3v) is 3.91. The van der Waals surface area contributed by atoms with Gasteiger partial charge in [0.15, 0.2) is 0 Å². The molecule has 0 atom stereocenters. The average Bonchev–Trinajstić information content (AvgIpc) is 2.46. The van der Waals surface area contributed by atoms with Crippen molar-refractivity contribution in [2.24, 2.45) is 0 Å². The maximum absolute atomic E-state index is 12.2. The van der Waals surface area contributed by atoms with Crippen LogP contribution in [-0.2, 0) is 14.8 Å². The highest BCUT2D eigenvalue weighted by Crippen LogP contribution is 2.21. The van der Waals surface area contributed by atoms with Crippen LogP contribution < -0.4 is 10.5 Å². The Morgan fingerprint density at radius 1 is 1.29 bits per heavy atom. The van der Waals surface area contributed by atoms with Gasteiger partial charge in [-0.3, -0.25) is 0 Å². The number of nitrogens with one attached hydrogen (secondary N) is 1. The highest BCUT2D eigenvalue weighted by Gasteiger charge is 2.20. The highest BCUT2D eigenvalue weighted by molar-refractivity contribution is 7.92. The minimum Gasteiger partial charge on any atom is -0.465 e. The van der Waals surface area contributed by atoms with Crippen LogP contribution in [0.15, 0.2) is 41.6 Å². The molecule has 1 aromatic heterocycles. The lowest BCUT2D eigenvalue weighted by atomic mass is 10.2. The number of ether oxygens (including phenoxy) is 1. The van der Waals surface area contributed by atoms with E-state index >= 15 is 0 Å². The van der Waals surface area contributed by atoms with Gasteiger partial charge < -0.3 is 10.5 Å². The standard InChI is InChI=1S/C12H12N4O4S/c1-20-11(17)8-3-4-10(9(13)7-8)21(18,19)16-12-14-5-2-6-15-12/h2-7H,13H2,1H3,(H,14,15,16). The molecule has 0 spiro atoms. The van der Waals surface area contributed by atoms with Gasteiger partial charge in [0.05, 0.1) is 18.4 Å². The fourth-order valence-corrected chi connectivity index (χ4v) is 2.64. The van der Waals surface area contributed by atoms with Gasteiger partial charge in [0.1, 0.15) is 4.90 Å². The zero-order valence-corrected chi connectivity index (χ0v) is 11.8. The van der Waals surface area contributed by atoms with Gasteiger partial charge in [-0.25, -0.2) is 27.9 Å². The summed E-state index contributed by atoms with van der Waals surface area (Å²) in [5.41, 5.74) is 5.76. The van der Waals surface area contributed by atoms with Crippen molar-refractivity contribution < 1.29 is 17.9 Å². The van der Waals surface area contributed by atoms with Crippen molar-refractivity contribution in [3.63, 3.8) is 0 Å². The number of sulfonamides is 1. The van der Waals surface area contributed by atoms with Crippen LogP contribution in [0.25, 0.3) is 0 Å². The van der Waals surface area contributed by atoms with Crippen molar-refractivity contribution in [1.29, 1.82) is 0 Å². The van der Waals surface area contributed by atoms with E-state index < -0.39 is 16.0 Å². The van der Waals surface area contributed by atoms with Gasteiger partial charge in [-0.05, 0) is 24.3 Å². The predicted molar refractivity (Wildman–Crippen MR) is 75.0 cm³/mol. The summed E-state index contributed by atoms with van der Waals surface area (Å²) >= 11 is 0. The minimum atomic E-state index is -3.95. The third-order valence-electron chi connectivity index (χ3n) is 2.51. The summed E-state index contributed by atoms with van der Waals surface area (Å²) < 4.78 is 31.1. The second-order valence-corrected chi connectivity index (χ2v) is 5.57. The molecule has 110 valence electrons. The molecule has 0 radical (unpaired) electrons. The summed E-state index contributed by atoms with van der Waals surface area (Å²) in [5.74, 6) is -0.682. The lowest BCUT2D eigenvalue weighted by Crippen LogP contribution is -2.17. The number of nitrogen functional groups attached to an aromatic ring is 1. The zero-order valence-electron chi connectivity index (χ0n) is 11.0. The van der Waals surface area contributed by atoms with Crippen LogP contribution in [0.2, 0.25) is 0 Å². The van der Waals surface area contributed by atoms with Crippen molar-refractivity contribution >= 4 is 27.6 Å². The summed E-state index contributed by atoms with van der Waals surface area (Å²) in [4.78, 5) is 18.7. The summed E-state index contributed by atoms with van der Waals surface area (Å²) in [6.45, 7) is 0. The molecule has 21 heavy (non-hydrogen) atoms. The molecule has 0 fully saturated rings. The second kappa shape index (κ2) is 5.75. The number of hydrogen-bond acceptors (Lipinski definition) is 7. The number of nitrogens with zero attached hydrogens (tertiary/aromatic N) is 2. The van der Waals surface area contributed by atoms with Crippen molar-refractivity contribution in [2.45, 2.75) is 4.90 Å². The molecule has 1 heterocycles.